The van der Waals surface area contributed by atoms with Crippen molar-refractivity contribution in [3.63, 3.8) is 0 Å². The van der Waals surface area contributed by atoms with Crippen LogP contribution in [0.2, 0.25) is 0 Å². The molecule has 0 saturated heterocycles. The van der Waals surface area contributed by atoms with E-state index >= 15 is 0 Å². The lowest BCUT2D eigenvalue weighted by atomic mass is 9.94. The Morgan fingerprint density at radius 2 is 1.84 bits per heavy atom. The Balaban J connectivity index is 2.41. The van der Waals surface area contributed by atoms with Gasteiger partial charge in [0.1, 0.15) is 0 Å². The third kappa shape index (κ3) is 7.16. The predicted octanol–water partition coefficient (Wildman–Crippen LogP) is 3.43. The highest BCUT2D eigenvalue weighted by Crippen LogP contribution is 2.25. The number of rotatable bonds is 6. The summed E-state index contributed by atoms with van der Waals surface area (Å²) in [4.78, 5) is 1.84. The minimum Gasteiger partial charge on any atom is -0.314 e. The van der Waals surface area contributed by atoms with Crippen molar-refractivity contribution in [1.82, 2.24) is 10.2 Å². The minimum atomic E-state index is -4.04. The predicted molar refractivity (Wildman–Crippen MR) is 72.2 cm³/mol. The Bertz CT molecular complexity index is 243. The standard InChI is InChI=1S/C14H27F3N2/c1-3-18-13-8-6-4-5-7-12(13)11-19(2)10-9-14(15,16)17/h12-13,18H,3-11H2,1-2H3. The Labute approximate surface area is 114 Å². The molecule has 0 spiro atoms. The van der Waals surface area contributed by atoms with Gasteiger partial charge in [-0.25, -0.2) is 0 Å². The summed E-state index contributed by atoms with van der Waals surface area (Å²) >= 11 is 0. The SMILES string of the molecule is CCNC1CCCCCC1CN(C)CCC(F)(F)F. The number of alkyl halides is 3. The number of halogens is 3. The Hall–Kier alpha value is -0.290. The summed E-state index contributed by atoms with van der Waals surface area (Å²) in [6.07, 6.45) is 1.24. The molecule has 114 valence electrons. The molecule has 1 fully saturated rings. The van der Waals surface area contributed by atoms with E-state index in [1.54, 1.807) is 7.05 Å². The molecule has 2 unspecified atom stereocenters. The van der Waals surface area contributed by atoms with Gasteiger partial charge in [-0.15, -0.1) is 0 Å². The summed E-state index contributed by atoms with van der Waals surface area (Å²) < 4.78 is 36.7. The molecule has 0 aromatic carbocycles. The van der Waals surface area contributed by atoms with E-state index in [-0.39, 0.29) is 6.54 Å². The van der Waals surface area contributed by atoms with Gasteiger partial charge in [-0.1, -0.05) is 26.2 Å². The molecule has 19 heavy (non-hydrogen) atoms. The van der Waals surface area contributed by atoms with Gasteiger partial charge in [-0.3, -0.25) is 0 Å². The summed E-state index contributed by atoms with van der Waals surface area (Å²) in [7, 11) is 1.81. The molecule has 0 amide bonds. The summed E-state index contributed by atoms with van der Waals surface area (Å²) in [6, 6.07) is 0.473. The van der Waals surface area contributed by atoms with Crippen LogP contribution in [0.4, 0.5) is 13.2 Å². The van der Waals surface area contributed by atoms with Crippen LogP contribution in [0, 0.1) is 5.92 Å². The molecule has 0 aliphatic heterocycles. The van der Waals surface area contributed by atoms with Gasteiger partial charge < -0.3 is 10.2 Å². The highest BCUT2D eigenvalue weighted by molar-refractivity contribution is 4.81. The molecule has 1 rings (SSSR count). The van der Waals surface area contributed by atoms with Gasteiger partial charge in [-0.05, 0) is 32.4 Å². The molecule has 5 heteroatoms. The van der Waals surface area contributed by atoms with Crippen molar-refractivity contribution in [2.75, 3.05) is 26.7 Å². The summed E-state index contributed by atoms with van der Waals surface area (Å²) in [6.45, 7) is 3.91. The lowest BCUT2D eigenvalue weighted by Gasteiger charge is -2.30. The second-order valence-electron chi connectivity index (χ2n) is 5.69. The third-order valence-electron chi connectivity index (χ3n) is 3.95. The first kappa shape index (κ1) is 16.8. The summed E-state index contributed by atoms with van der Waals surface area (Å²) in [5.74, 6) is 0.487. The van der Waals surface area contributed by atoms with E-state index in [0.29, 0.717) is 12.0 Å². The van der Waals surface area contributed by atoms with Gasteiger partial charge in [0.2, 0.25) is 0 Å². The van der Waals surface area contributed by atoms with Crippen molar-refractivity contribution in [2.24, 2.45) is 5.92 Å². The van der Waals surface area contributed by atoms with Crippen LogP contribution >= 0.6 is 0 Å². The Kier molecular flexibility index (Phi) is 7.15. The van der Waals surface area contributed by atoms with Crippen LogP contribution in [0.25, 0.3) is 0 Å². The van der Waals surface area contributed by atoms with Crippen molar-refractivity contribution in [1.29, 1.82) is 0 Å². The molecule has 0 bridgehead atoms. The maximum atomic E-state index is 12.2. The molecule has 0 heterocycles. The average Bonchev–Trinajstić information content (AvgIpc) is 2.53. The molecule has 0 radical (unpaired) electrons. The van der Waals surface area contributed by atoms with Crippen molar-refractivity contribution >= 4 is 0 Å². The zero-order valence-electron chi connectivity index (χ0n) is 12.1. The van der Waals surface area contributed by atoms with Crippen LogP contribution in [0.3, 0.4) is 0 Å². The smallest absolute Gasteiger partial charge is 0.314 e. The fourth-order valence-corrected chi connectivity index (χ4v) is 2.94. The van der Waals surface area contributed by atoms with E-state index in [4.69, 9.17) is 0 Å². The molecular weight excluding hydrogens is 253 g/mol. The van der Waals surface area contributed by atoms with E-state index in [0.717, 1.165) is 25.9 Å². The minimum absolute atomic E-state index is 0.110. The van der Waals surface area contributed by atoms with Gasteiger partial charge >= 0.3 is 6.18 Å². The first-order chi connectivity index (χ1) is 8.92. The van der Waals surface area contributed by atoms with Gasteiger partial charge in [0, 0.05) is 19.1 Å². The van der Waals surface area contributed by atoms with Crippen LogP contribution in [0.15, 0.2) is 0 Å². The van der Waals surface area contributed by atoms with Crippen LogP contribution in [-0.4, -0.2) is 43.8 Å². The fourth-order valence-electron chi connectivity index (χ4n) is 2.94. The molecular formula is C14H27F3N2. The normalized spacial score (nSPS) is 25.6. The lowest BCUT2D eigenvalue weighted by Crippen LogP contribution is -2.41. The van der Waals surface area contributed by atoms with Gasteiger partial charge in [0.25, 0.3) is 0 Å². The monoisotopic (exact) mass is 280 g/mol. The van der Waals surface area contributed by atoms with E-state index < -0.39 is 12.6 Å². The number of nitrogens with one attached hydrogen (secondary N) is 1. The number of hydrogen-bond acceptors (Lipinski definition) is 2. The quantitative estimate of drug-likeness (QED) is 0.750. The molecule has 0 aromatic heterocycles. The average molecular weight is 280 g/mol. The van der Waals surface area contributed by atoms with Crippen molar-refractivity contribution in [3.8, 4) is 0 Å². The molecule has 1 saturated carbocycles. The maximum absolute atomic E-state index is 12.2. The fraction of sp³-hybridized carbons (Fsp3) is 1.00. The molecule has 1 aliphatic carbocycles. The van der Waals surface area contributed by atoms with Gasteiger partial charge in [-0.2, -0.15) is 13.2 Å². The third-order valence-corrected chi connectivity index (χ3v) is 3.95. The summed E-state index contributed by atoms with van der Waals surface area (Å²) in [5, 5.41) is 3.50. The highest BCUT2D eigenvalue weighted by Gasteiger charge is 2.29. The molecule has 1 N–H and O–H groups in total. The van der Waals surface area contributed by atoms with E-state index in [2.05, 4.69) is 12.2 Å². The van der Waals surface area contributed by atoms with Crippen LogP contribution in [0.1, 0.15) is 45.4 Å². The molecule has 1 aliphatic rings. The van der Waals surface area contributed by atoms with E-state index in [1.807, 2.05) is 4.90 Å². The first-order valence-corrected chi connectivity index (χ1v) is 7.41. The largest absolute Gasteiger partial charge is 0.390 e. The lowest BCUT2D eigenvalue weighted by molar-refractivity contribution is -0.137. The van der Waals surface area contributed by atoms with Gasteiger partial charge in [0.15, 0.2) is 0 Å². The second-order valence-corrected chi connectivity index (χ2v) is 5.69. The summed E-state index contributed by atoms with van der Waals surface area (Å²) in [5.41, 5.74) is 0. The van der Waals surface area contributed by atoms with E-state index in [1.165, 1.54) is 19.3 Å². The first-order valence-electron chi connectivity index (χ1n) is 7.41. The topological polar surface area (TPSA) is 15.3 Å². The van der Waals surface area contributed by atoms with Crippen molar-refractivity contribution < 1.29 is 13.2 Å². The van der Waals surface area contributed by atoms with Crippen molar-refractivity contribution in [2.45, 2.75) is 57.7 Å². The molecule has 0 aromatic rings. The van der Waals surface area contributed by atoms with Crippen LogP contribution in [-0.2, 0) is 0 Å². The molecule has 2 nitrogen and oxygen atoms in total. The van der Waals surface area contributed by atoms with Crippen molar-refractivity contribution in [3.05, 3.63) is 0 Å². The second kappa shape index (κ2) is 8.10. The Morgan fingerprint density at radius 1 is 1.16 bits per heavy atom. The zero-order chi connectivity index (χ0) is 14.3. The Morgan fingerprint density at radius 3 is 2.47 bits per heavy atom. The van der Waals surface area contributed by atoms with Gasteiger partial charge in [0.05, 0.1) is 6.42 Å². The van der Waals surface area contributed by atoms with Crippen LogP contribution < -0.4 is 5.32 Å². The number of nitrogens with zero attached hydrogens (tertiary/aromatic N) is 1. The van der Waals surface area contributed by atoms with Crippen LogP contribution in [0.5, 0.6) is 0 Å². The highest BCUT2D eigenvalue weighted by atomic mass is 19.4. The maximum Gasteiger partial charge on any atom is 0.390 e. The number of hydrogen-bond donors (Lipinski definition) is 1. The molecule has 2 atom stereocenters. The zero-order valence-corrected chi connectivity index (χ0v) is 12.1. The van der Waals surface area contributed by atoms with E-state index in [9.17, 15) is 13.2 Å².